The van der Waals surface area contributed by atoms with Crippen LogP contribution in [0.5, 0.6) is 0 Å². The van der Waals surface area contributed by atoms with Crippen LogP contribution in [-0.2, 0) is 6.42 Å². The van der Waals surface area contributed by atoms with E-state index < -0.39 is 0 Å². The maximum absolute atomic E-state index is 11.9. The SMILES string of the molecule is CCCNC(=O)c1ccnc(NCCc2cccc(Cl)c2)c1. The van der Waals surface area contributed by atoms with E-state index in [-0.39, 0.29) is 5.91 Å². The predicted molar refractivity (Wildman–Crippen MR) is 90.5 cm³/mol. The molecule has 2 N–H and O–H groups in total. The van der Waals surface area contributed by atoms with Crippen LogP contribution in [0.25, 0.3) is 0 Å². The summed E-state index contributed by atoms with van der Waals surface area (Å²) in [6.45, 7) is 3.43. The second-order valence-electron chi connectivity index (χ2n) is 4.99. The first kappa shape index (κ1) is 16.3. The van der Waals surface area contributed by atoms with E-state index in [4.69, 9.17) is 11.6 Å². The van der Waals surface area contributed by atoms with Crippen LogP contribution in [0.4, 0.5) is 5.82 Å². The third-order valence-electron chi connectivity index (χ3n) is 3.17. The third-order valence-corrected chi connectivity index (χ3v) is 3.40. The van der Waals surface area contributed by atoms with E-state index >= 15 is 0 Å². The van der Waals surface area contributed by atoms with Gasteiger partial charge in [-0.05, 0) is 42.7 Å². The summed E-state index contributed by atoms with van der Waals surface area (Å²) >= 11 is 5.96. The van der Waals surface area contributed by atoms with Crippen LogP contribution in [0, 0.1) is 0 Å². The molecule has 0 aliphatic rings. The number of rotatable bonds is 7. The van der Waals surface area contributed by atoms with Gasteiger partial charge in [0.25, 0.3) is 5.91 Å². The summed E-state index contributed by atoms with van der Waals surface area (Å²) in [5.74, 6) is 0.633. The number of carbonyl (C=O) groups excluding carboxylic acids is 1. The van der Waals surface area contributed by atoms with Crippen molar-refractivity contribution in [3.05, 3.63) is 58.7 Å². The van der Waals surface area contributed by atoms with Gasteiger partial charge in [0.05, 0.1) is 0 Å². The van der Waals surface area contributed by atoms with Gasteiger partial charge in [-0.2, -0.15) is 0 Å². The Morgan fingerprint density at radius 1 is 1.23 bits per heavy atom. The van der Waals surface area contributed by atoms with Crippen molar-refractivity contribution in [2.24, 2.45) is 0 Å². The Balaban J connectivity index is 1.89. The summed E-state index contributed by atoms with van der Waals surface area (Å²) in [7, 11) is 0. The molecule has 0 unspecified atom stereocenters. The fourth-order valence-electron chi connectivity index (χ4n) is 2.04. The molecule has 5 heteroatoms. The van der Waals surface area contributed by atoms with Gasteiger partial charge >= 0.3 is 0 Å². The molecule has 0 saturated heterocycles. The maximum atomic E-state index is 11.9. The van der Waals surface area contributed by atoms with Crippen molar-refractivity contribution >= 4 is 23.3 Å². The Labute approximate surface area is 135 Å². The Bertz CT molecular complexity index is 631. The maximum Gasteiger partial charge on any atom is 0.251 e. The van der Waals surface area contributed by atoms with E-state index in [0.29, 0.717) is 17.9 Å². The molecule has 1 aromatic carbocycles. The zero-order valence-electron chi connectivity index (χ0n) is 12.6. The number of nitrogens with one attached hydrogen (secondary N) is 2. The molecule has 0 bridgehead atoms. The molecule has 2 rings (SSSR count). The smallest absolute Gasteiger partial charge is 0.251 e. The first-order valence-electron chi connectivity index (χ1n) is 7.41. The van der Waals surface area contributed by atoms with Gasteiger partial charge in [0, 0.05) is 29.9 Å². The molecular weight excluding hydrogens is 298 g/mol. The molecular formula is C17H20ClN3O. The van der Waals surface area contributed by atoms with Crippen molar-refractivity contribution in [1.29, 1.82) is 0 Å². The number of nitrogens with zero attached hydrogens (tertiary/aromatic N) is 1. The largest absolute Gasteiger partial charge is 0.370 e. The molecule has 2 aromatic rings. The van der Waals surface area contributed by atoms with Gasteiger partial charge in [0.2, 0.25) is 0 Å². The van der Waals surface area contributed by atoms with Crippen molar-refractivity contribution < 1.29 is 4.79 Å². The zero-order valence-corrected chi connectivity index (χ0v) is 13.4. The molecule has 0 spiro atoms. The Hall–Kier alpha value is -2.07. The standard InChI is InChI=1S/C17H20ClN3O/c1-2-8-21-17(22)14-7-10-20-16(12-14)19-9-6-13-4-3-5-15(18)11-13/h3-5,7,10-12H,2,6,8-9H2,1H3,(H,19,20)(H,21,22). The van der Waals surface area contributed by atoms with Crippen molar-refractivity contribution in [1.82, 2.24) is 10.3 Å². The van der Waals surface area contributed by atoms with Gasteiger partial charge < -0.3 is 10.6 Å². The molecule has 116 valence electrons. The first-order valence-corrected chi connectivity index (χ1v) is 7.79. The fraction of sp³-hybridized carbons (Fsp3) is 0.294. The Morgan fingerprint density at radius 2 is 2.09 bits per heavy atom. The normalized spacial score (nSPS) is 10.3. The molecule has 0 radical (unpaired) electrons. The lowest BCUT2D eigenvalue weighted by molar-refractivity contribution is 0.0953. The van der Waals surface area contributed by atoms with Crippen LogP contribution < -0.4 is 10.6 Å². The number of anilines is 1. The van der Waals surface area contributed by atoms with Gasteiger partial charge in [-0.1, -0.05) is 30.7 Å². The minimum absolute atomic E-state index is 0.0675. The summed E-state index contributed by atoms with van der Waals surface area (Å²) in [5, 5.41) is 6.83. The fourth-order valence-corrected chi connectivity index (χ4v) is 2.25. The zero-order chi connectivity index (χ0) is 15.8. The lowest BCUT2D eigenvalue weighted by atomic mass is 10.1. The number of hydrogen-bond donors (Lipinski definition) is 2. The number of aromatic nitrogens is 1. The summed E-state index contributed by atoms with van der Waals surface area (Å²) < 4.78 is 0. The lowest BCUT2D eigenvalue weighted by Gasteiger charge is -2.08. The highest BCUT2D eigenvalue weighted by Gasteiger charge is 2.05. The predicted octanol–water partition coefficient (Wildman–Crippen LogP) is 3.53. The van der Waals surface area contributed by atoms with Crippen LogP contribution in [0.15, 0.2) is 42.6 Å². The molecule has 4 nitrogen and oxygen atoms in total. The van der Waals surface area contributed by atoms with E-state index in [1.54, 1.807) is 18.3 Å². The second kappa shape index (κ2) is 8.39. The molecule has 0 aliphatic carbocycles. The minimum atomic E-state index is -0.0675. The summed E-state index contributed by atoms with van der Waals surface area (Å²) in [5.41, 5.74) is 1.78. The average molecular weight is 318 g/mol. The number of amides is 1. The van der Waals surface area contributed by atoms with E-state index in [9.17, 15) is 4.79 Å². The van der Waals surface area contributed by atoms with Gasteiger partial charge in [0.1, 0.15) is 5.82 Å². The average Bonchev–Trinajstić information content (AvgIpc) is 2.53. The first-order chi connectivity index (χ1) is 10.7. The molecule has 1 amide bonds. The van der Waals surface area contributed by atoms with Crippen molar-refractivity contribution in [2.45, 2.75) is 19.8 Å². The Kier molecular flexibility index (Phi) is 6.22. The van der Waals surface area contributed by atoms with Gasteiger partial charge in [-0.3, -0.25) is 4.79 Å². The van der Waals surface area contributed by atoms with E-state index in [1.807, 2.05) is 31.2 Å². The molecule has 0 aliphatic heterocycles. The highest BCUT2D eigenvalue weighted by atomic mass is 35.5. The van der Waals surface area contributed by atoms with Gasteiger partial charge in [-0.15, -0.1) is 0 Å². The van der Waals surface area contributed by atoms with Gasteiger partial charge in [-0.25, -0.2) is 4.98 Å². The van der Waals surface area contributed by atoms with Crippen LogP contribution in [-0.4, -0.2) is 24.0 Å². The molecule has 1 aromatic heterocycles. The van der Waals surface area contributed by atoms with Crippen molar-refractivity contribution in [3.63, 3.8) is 0 Å². The number of benzene rings is 1. The van der Waals surface area contributed by atoms with E-state index in [0.717, 1.165) is 30.0 Å². The van der Waals surface area contributed by atoms with E-state index in [2.05, 4.69) is 15.6 Å². The summed E-state index contributed by atoms with van der Waals surface area (Å²) in [6.07, 6.45) is 3.40. The second-order valence-corrected chi connectivity index (χ2v) is 5.43. The van der Waals surface area contributed by atoms with Crippen molar-refractivity contribution in [3.8, 4) is 0 Å². The topological polar surface area (TPSA) is 54.0 Å². The Morgan fingerprint density at radius 3 is 2.86 bits per heavy atom. The van der Waals surface area contributed by atoms with Crippen LogP contribution in [0.2, 0.25) is 5.02 Å². The molecule has 22 heavy (non-hydrogen) atoms. The number of hydrogen-bond acceptors (Lipinski definition) is 3. The number of halogens is 1. The quantitative estimate of drug-likeness (QED) is 0.821. The highest BCUT2D eigenvalue weighted by molar-refractivity contribution is 6.30. The lowest BCUT2D eigenvalue weighted by Crippen LogP contribution is -2.24. The molecule has 0 atom stereocenters. The third kappa shape index (κ3) is 5.04. The minimum Gasteiger partial charge on any atom is -0.370 e. The number of pyridine rings is 1. The van der Waals surface area contributed by atoms with Crippen LogP contribution >= 0.6 is 11.6 Å². The van der Waals surface area contributed by atoms with Crippen LogP contribution in [0.3, 0.4) is 0 Å². The number of carbonyl (C=O) groups is 1. The van der Waals surface area contributed by atoms with E-state index in [1.165, 1.54) is 0 Å². The molecule has 0 saturated carbocycles. The monoisotopic (exact) mass is 317 g/mol. The molecule has 1 heterocycles. The summed E-state index contributed by atoms with van der Waals surface area (Å²) in [4.78, 5) is 16.1. The molecule has 0 fully saturated rings. The summed E-state index contributed by atoms with van der Waals surface area (Å²) in [6, 6.07) is 11.3. The van der Waals surface area contributed by atoms with Crippen molar-refractivity contribution in [2.75, 3.05) is 18.4 Å². The highest BCUT2D eigenvalue weighted by Crippen LogP contribution is 2.12. The van der Waals surface area contributed by atoms with Gasteiger partial charge in [0.15, 0.2) is 0 Å². The van der Waals surface area contributed by atoms with Crippen LogP contribution in [0.1, 0.15) is 29.3 Å².